The Bertz CT molecular complexity index is 306. The number of aliphatic carboxylic acids is 1. The Morgan fingerprint density at radius 3 is 2.00 bits per heavy atom. The van der Waals surface area contributed by atoms with Crippen molar-refractivity contribution < 1.29 is 29.0 Å². The minimum atomic E-state index is -0.983. The van der Waals surface area contributed by atoms with Crippen molar-refractivity contribution in [1.82, 2.24) is 0 Å². The van der Waals surface area contributed by atoms with E-state index in [2.05, 4.69) is 0 Å². The fraction of sp³-hybridized carbons (Fsp3) is 0.636. The van der Waals surface area contributed by atoms with E-state index < -0.39 is 17.9 Å². The molecule has 1 N–H and O–H groups in total. The van der Waals surface area contributed by atoms with E-state index in [1.54, 1.807) is 0 Å². The average molecular weight is 244 g/mol. The Kier molecular flexibility index (Phi) is 6.77. The maximum absolute atomic E-state index is 11.1. The van der Waals surface area contributed by atoms with Gasteiger partial charge in [-0.1, -0.05) is 0 Å². The van der Waals surface area contributed by atoms with Crippen molar-refractivity contribution in [3.63, 3.8) is 0 Å². The standard InChI is InChI=1S/C11H16O6/c1-7(12)9(8(2)13)6-17-11(16)5-3-4-10(14)15/h9H,3-6H2,1-2H3,(H,14,15). The summed E-state index contributed by atoms with van der Waals surface area (Å²) in [6, 6.07) is 0. The molecule has 6 heteroatoms. The topological polar surface area (TPSA) is 97.7 Å². The van der Waals surface area contributed by atoms with Crippen LogP contribution in [0, 0.1) is 5.92 Å². The highest BCUT2D eigenvalue weighted by Crippen LogP contribution is 2.04. The van der Waals surface area contributed by atoms with Gasteiger partial charge in [0.2, 0.25) is 0 Å². The van der Waals surface area contributed by atoms with Crippen LogP contribution >= 0.6 is 0 Å². The summed E-state index contributed by atoms with van der Waals surface area (Å²) >= 11 is 0. The highest BCUT2D eigenvalue weighted by molar-refractivity contribution is 6.00. The summed E-state index contributed by atoms with van der Waals surface area (Å²) in [5, 5.41) is 8.35. The van der Waals surface area contributed by atoms with Gasteiger partial charge in [0.25, 0.3) is 0 Å². The number of rotatable bonds is 8. The maximum Gasteiger partial charge on any atom is 0.305 e. The number of hydrogen-bond donors (Lipinski definition) is 1. The lowest BCUT2D eigenvalue weighted by Gasteiger charge is -2.10. The molecule has 0 aromatic rings. The van der Waals surface area contributed by atoms with E-state index in [9.17, 15) is 19.2 Å². The fourth-order valence-electron chi connectivity index (χ4n) is 1.15. The third-order valence-corrected chi connectivity index (χ3v) is 2.16. The van der Waals surface area contributed by atoms with E-state index in [0.29, 0.717) is 0 Å². The molecule has 0 amide bonds. The molecule has 0 spiro atoms. The number of ketones is 2. The molecule has 0 rings (SSSR count). The number of carbonyl (C=O) groups excluding carboxylic acids is 3. The molecule has 0 bridgehead atoms. The van der Waals surface area contributed by atoms with Gasteiger partial charge in [-0.3, -0.25) is 19.2 Å². The normalized spacial score (nSPS) is 10.1. The van der Waals surface area contributed by atoms with Crippen LogP contribution in [0.4, 0.5) is 0 Å². The molecule has 0 atom stereocenters. The molecular weight excluding hydrogens is 228 g/mol. The quantitative estimate of drug-likeness (QED) is 0.495. The first-order valence-electron chi connectivity index (χ1n) is 5.23. The second-order valence-electron chi connectivity index (χ2n) is 3.70. The fourth-order valence-corrected chi connectivity index (χ4v) is 1.15. The van der Waals surface area contributed by atoms with Crippen molar-refractivity contribution in [2.75, 3.05) is 6.61 Å². The summed E-state index contributed by atoms with van der Waals surface area (Å²) in [6.45, 7) is 2.24. The molecule has 0 saturated heterocycles. The molecule has 17 heavy (non-hydrogen) atoms. The molecule has 0 aromatic carbocycles. The Hall–Kier alpha value is -1.72. The van der Waals surface area contributed by atoms with Crippen LogP contribution in [0.15, 0.2) is 0 Å². The second kappa shape index (κ2) is 7.54. The van der Waals surface area contributed by atoms with Crippen LogP contribution in [0.1, 0.15) is 33.1 Å². The Morgan fingerprint density at radius 1 is 1.06 bits per heavy atom. The lowest BCUT2D eigenvalue weighted by molar-refractivity contribution is -0.147. The van der Waals surface area contributed by atoms with Crippen LogP contribution in [-0.2, 0) is 23.9 Å². The zero-order valence-corrected chi connectivity index (χ0v) is 9.89. The number of carboxylic acid groups (broad SMARTS) is 1. The van der Waals surface area contributed by atoms with Crippen LogP contribution in [0.2, 0.25) is 0 Å². The maximum atomic E-state index is 11.1. The molecule has 6 nitrogen and oxygen atoms in total. The highest BCUT2D eigenvalue weighted by Gasteiger charge is 2.21. The predicted octanol–water partition coefficient (Wildman–Crippen LogP) is 0.579. The summed E-state index contributed by atoms with van der Waals surface area (Å²) in [5.74, 6) is -3.20. The number of Topliss-reactive ketones (excluding diaryl/α,β-unsaturated/α-hetero) is 2. The van der Waals surface area contributed by atoms with Gasteiger partial charge in [0.1, 0.15) is 24.1 Å². The predicted molar refractivity (Wildman–Crippen MR) is 57.3 cm³/mol. The summed E-state index contributed by atoms with van der Waals surface area (Å²) in [6.07, 6.45) is 0.0335. The van der Waals surface area contributed by atoms with Gasteiger partial charge in [-0.25, -0.2) is 0 Å². The van der Waals surface area contributed by atoms with Crippen LogP contribution < -0.4 is 0 Å². The number of hydrogen-bond acceptors (Lipinski definition) is 5. The number of ether oxygens (including phenoxy) is 1. The molecule has 0 aromatic heterocycles. The molecule has 0 aliphatic carbocycles. The smallest absolute Gasteiger partial charge is 0.305 e. The Balaban J connectivity index is 3.93. The summed E-state index contributed by atoms with van der Waals surface area (Å²) in [7, 11) is 0. The van der Waals surface area contributed by atoms with E-state index >= 15 is 0 Å². The minimum absolute atomic E-state index is 0.0329. The van der Waals surface area contributed by atoms with Gasteiger partial charge in [-0.05, 0) is 20.3 Å². The van der Waals surface area contributed by atoms with Crippen molar-refractivity contribution in [2.45, 2.75) is 33.1 Å². The highest BCUT2D eigenvalue weighted by atomic mass is 16.5. The van der Waals surface area contributed by atoms with Crippen LogP contribution in [-0.4, -0.2) is 35.2 Å². The number of carboxylic acids is 1. The van der Waals surface area contributed by atoms with E-state index in [1.807, 2.05) is 0 Å². The minimum Gasteiger partial charge on any atom is -0.481 e. The third kappa shape index (κ3) is 7.21. The van der Waals surface area contributed by atoms with Crippen LogP contribution in [0.25, 0.3) is 0 Å². The molecule has 0 radical (unpaired) electrons. The third-order valence-electron chi connectivity index (χ3n) is 2.16. The average Bonchev–Trinajstić information content (AvgIpc) is 2.15. The van der Waals surface area contributed by atoms with Gasteiger partial charge in [0.15, 0.2) is 0 Å². The van der Waals surface area contributed by atoms with E-state index in [4.69, 9.17) is 9.84 Å². The molecule has 0 aliphatic heterocycles. The van der Waals surface area contributed by atoms with Gasteiger partial charge < -0.3 is 9.84 Å². The van der Waals surface area contributed by atoms with E-state index in [1.165, 1.54) is 13.8 Å². The van der Waals surface area contributed by atoms with Gasteiger partial charge >= 0.3 is 11.9 Å². The van der Waals surface area contributed by atoms with Gasteiger partial charge in [-0.15, -0.1) is 0 Å². The molecular formula is C11H16O6. The first-order valence-corrected chi connectivity index (χ1v) is 5.23. The van der Waals surface area contributed by atoms with Crippen molar-refractivity contribution in [2.24, 2.45) is 5.92 Å². The summed E-state index contributed by atoms with van der Waals surface area (Å²) < 4.78 is 4.74. The lowest BCUT2D eigenvalue weighted by atomic mass is 10.0. The van der Waals surface area contributed by atoms with Gasteiger partial charge in [-0.2, -0.15) is 0 Å². The van der Waals surface area contributed by atoms with Gasteiger partial charge in [0.05, 0.1) is 0 Å². The zero-order valence-electron chi connectivity index (χ0n) is 9.89. The number of esters is 1. The van der Waals surface area contributed by atoms with E-state index in [-0.39, 0.29) is 37.4 Å². The summed E-state index contributed by atoms with van der Waals surface area (Å²) in [4.78, 5) is 43.3. The van der Waals surface area contributed by atoms with Crippen molar-refractivity contribution in [3.05, 3.63) is 0 Å². The first kappa shape index (κ1) is 15.3. The van der Waals surface area contributed by atoms with Crippen molar-refractivity contribution >= 4 is 23.5 Å². The lowest BCUT2D eigenvalue weighted by Crippen LogP contribution is -2.26. The van der Waals surface area contributed by atoms with Crippen molar-refractivity contribution in [1.29, 1.82) is 0 Å². The largest absolute Gasteiger partial charge is 0.481 e. The second-order valence-corrected chi connectivity index (χ2v) is 3.70. The molecule has 0 unspecified atom stereocenters. The Morgan fingerprint density at radius 2 is 1.59 bits per heavy atom. The molecule has 0 saturated carbocycles. The molecule has 0 heterocycles. The van der Waals surface area contributed by atoms with Crippen LogP contribution in [0.5, 0.6) is 0 Å². The van der Waals surface area contributed by atoms with Crippen molar-refractivity contribution in [3.8, 4) is 0 Å². The molecule has 0 aliphatic rings. The molecule has 0 fully saturated rings. The van der Waals surface area contributed by atoms with Gasteiger partial charge in [0, 0.05) is 12.8 Å². The zero-order chi connectivity index (χ0) is 13.4. The SMILES string of the molecule is CC(=O)C(COC(=O)CCCC(=O)O)C(C)=O. The first-order chi connectivity index (χ1) is 7.84. The van der Waals surface area contributed by atoms with E-state index in [0.717, 1.165) is 0 Å². The summed E-state index contributed by atoms with van der Waals surface area (Å²) in [5.41, 5.74) is 0. The number of carbonyl (C=O) groups is 4. The monoisotopic (exact) mass is 244 g/mol. The molecule has 96 valence electrons. The Labute approximate surface area is 98.9 Å². The van der Waals surface area contributed by atoms with Crippen LogP contribution in [0.3, 0.4) is 0 Å².